The predicted molar refractivity (Wildman–Crippen MR) is 117 cm³/mol. The van der Waals surface area contributed by atoms with Crippen LogP contribution in [0, 0.1) is 0 Å². The van der Waals surface area contributed by atoms with Crippen molar-refractivity contribution in [2.45, 2.75) is 26.2 Å². The third-order valence-corrected chi connectivity index (χ3v) is 4.82. The molecule has 0 unspecified atom stereocenters. The first-order valence-corrected chi connectivity index (χ1v) is 9.96. The number of nitrogens with zero attached hydrogens (tertiary/aromatic N) is 1. The Morgan fingerprint density at radius 3 is 2.57 bits per heavy atom. The van der Waals surface area contributed by atoms with Crippen LogP contribution in [0.2, 0.25) is 0 Å². The molecule has 0 fully saturated rings. The minimum Gasteiger partial charge on any atom is -0.449 e. The highest BCUT2D eigenvalue weighted by Crippen LogP contribution is 2.39. The molecule has 2 aromatic rings. The molecule has 6 heteroatoms. The van der Waals surface area contributed by atoms with E-state index >= 15 is 0 Å². The second-order valence-electron chi connectivity index (χ2n) is 8.19. The van der Waals surface area contributed by atoms with E-state index in [0.29, 0.717) is 24.6 Å². The fourth-order valence-electron chi connectivity index (χ4n) is 3.13. The molecule has 0 radical (unpaired) electrons. The van der Waals surface area contributed by atoms with Gasteiger partial charge >= 0.3 is 0 Å². The largest absolute Gasteiger partial charge is 0.449 e. The summed E-state index contributed by atoms with van der Waals surface area (Å²) in [4.78, 5) is 27.2. The van der Waals surface area contributed by atoms with E-state index in [-0.39, 0.29) is 29.5 Å². The van der Waals surface area contributed by atoms with Gasteiger partial charge < -0.3 is 14.8 Å². The van der Waals surface area contributed by atoms with Gasteiger partial charge in [0, 0.05) is 13.7 Å². The first-order valence-electron chi connectivity index (χ1n) is 9.96. The summed E-state index contributed by atoms with van der Waals surface area (Å²) >= 11 is 0. The van der Waals surface area contributed by atoms with Gasteiger partial charge in [0.25, 0.3) is 5.91 Å². The molecule has 2 aromatic carbocycles. The number of rotatable bonds is 6. The molecule has 0 bridgehead atoms. The number of nitrogens with one attached hydrogen (secondary N) is 1. The summed E-state index contributed by atoms with van der Waals surface area (Å²) in [6.07, 6.45) is 1.69. The topological polar surface area (TPSA) is 67.9 Å². The Kier molecular flexibility index (Phi) is 6.57. The molecule has 1 aliphatic heterocycles. The molecular formula is C24H28N2O4. The van der Waals surface area contributed by atoms with Gasteiger partial charge in [-0.2, -0.15) is 0 Å². The highest BCUT2D eigenvalue weighted by Gasteiger charge is 2.32. The van der Waals surface area contributed by atoms with Crippen molar-refractivity contribution in [3.05, 3.63) is 65.4 Å². The van der Waals surface area contributed by atoms with E-state index in [1.54, 1.807) is 13.2 Å². The van der Waals surface area contributed by atoms with Gasteiger partial charge in [0.2, 0.25) is 5.91 Å². The van der Waals surface area contributed by atoms with Crippen molar-refractivity contribution < 1.29 is 19.1 Å². The molecule has 1 N–H and O–H groups in total. The molecule has 1 heterocycles. The SMILES string of the molecule is COCCNC(=O)CN1C(=O)C(=Cc2ccccc2)Oc2ccc(C(C)(C)C)cc21. The molecule has 6 nitrogen and oxygen atoms in total. The minimum atomic E-state index is -0.348. The van der Waals surface area contributed by atoms with Crippen LogP contribution in [-0.2, 0) is 19.7 Å². The minimum absolute atomic E-state index is 0.0986. The zero-order valence-corrected chi connectivity index (χ0v) is 17.9. The Morgan fingerprint density at radius 1 is 1.17 bits per heavy atom. The molecule has 2 amide bonds. The summed E-state index contributed by atoms with van der Waals surface area (Å²) in [5, 5.41) is 2.77. The Labute approximate surface area is 177 Å². The maximum Gasteiger partial charge on any atom is 0.294 e. The molecule has 30 heavy (non-hydrogen) atoms. The van der Waals surface area contributed by atoms with Crippen molar-refractivity contribution in [3.63, 3.8) is 0 Å². The first-order chi connectivity index (χ1) is 14.3. The summed E-state index contributed by atoms with van der Waals surface area (Å²) in [5.41, 5.74) is 2.39. The van der Waals surface area contributed by atoms with Crippen LogP contribution >= 0.6 is 0 Å². The molecule has 0 spiro atoms. The Balaban J connectivity index is 1.97. The van der Waals surface area contributed by atoms with Gasteiger partial charge in [-0.15, -0.1) is 0 Å². The van der Waals surface area contributed by atoms with Crippen molar-refractivity contribution in [1.29, 1.82) is 0 Å². The first kappa shape index (κ1) is 21.6. The number of carbonyl (C=O) groups is 2. The molecule has 0 aromatic heterocycles. The van der Waals surface area contributed by atoms with Crippen LogP contribution in [0.4, 0.5) is 5.69 Å². The number of hydrogen-bond acceptors (Lipinski definition) is 4. The number of carbonyl (C=O) groups excluding carboxylic acids is 2. The molecule has 0 saturated heterocycles. The van der Waals surface area contributed by atoms with Crippen LogP contribution in [0.3, 0.4) is 0 Å². The fourth-order valence-corrected chi connectivity index (χ4v) is 3.13. The third-order valence-electron chi connectivity index (χ3n) is 4.82. The third kappa shape index (κ3) is 5.07. The predicted octanol–water partition coefficient (Wildman–Crippen LogP) is 3.51. The van der Waals surface area contributed by atoms with Crippen LogP contribution in [0.25, 0.3) is 6.08 Å². The number of amides is 2. The molecule has 3 rings (SSSR count). The van der Waals surface area contributed by atoms with E-state index in [1.165, 1.54) is 4.90 Å². The van der Waals surface area contributed by atoms with Crippen LogP contribution in [0.1, 0.15) is 31.9 Å². The Morgan fingerprint density at radius 2 is 1.90 bits per heavy atom. The number of ether oxygens (including phenoxy) is 2. The lowest BCUT2D eigenvalue weighted by Gasteiger charge is -2.32. The maximum absolute atomic E-state index is 13.2. The van der Waals surface area contributed by atoms with E-state index < -0.39 is 0 Å². The summed E-state index contributed by atoms with van der Waals surface area (Å²) in [6, 6.07) is 15.3. The lowest BCUT2D eigenvalue weighted by molar-refractivity contribution is -0.123. The van der Waals surface area contributed by atoms with Crippen LogP contribution in [0.15, 0.2) is 54.3 Å². The summed E-state index contributed by atoms with van der Waals surface area (Å²) in [7, 11) is 1.57. The zero-order valence-electron chi connectivity index (χ0n) is 17.9. The van der Waals surface area contributed by atoms with Gasteiger partial charge in [0.1, 0.15) is 6.54 Å². The highest BCUT2D eigenvalue weighted by molar-refractivity contribution is 6.12. The normalized spacial score (nSPS) is 15.0. The van der Waals surface area contributed by atoms with E-state index in [4.69, 9.17) is 9.47 Å². The number of methoxy groups -OCH3 is 1. The Hall–Kier alpha value is -3.12. The second kappa shape index (κ2) is 9.13. The van der Waals surface area contributed by atoms with Crippen LogP contribution < -0.4 is 15.0 Å². The van der Waals surface area contributed by atoms with Crippen LogP contribution in [-0.4, -0.2) is 38.6 Å². The summed E-state index contributed by atoms with van der Waals surface area (Å²) in [6.45, 7) is 7.00. The smallest absolute Gasteiger partial charge is 0.294 e. The lowest BCUT2D eigenvalue weighted by atomic mass is 9.86. The summed E-state index contributed by atoms with van der Waals surface area (Å²) < 4.78 is 10.9. The molecule has 0 atom stereocenters. The number of fused-ring (bicyclic) bond motifs is 1. The van der Waals surface area contributed by atoms with Crippen LogP contribution in [0.5, 0.6) is 5.75 Å². The monoisotopic (exact) mass is 408 g/mol. The van der Waals surface area contributed by atoms with Crippen molar-refractivity contribution in [1.82, 2.24) is 5.32 Å². The van der Waals surface area contributed by atoms with E-state index in [9.17, 15) is 9.59 Å². The second-order valence-corrected chi connectivity index (χ2v) is 8.19. The molecule has 0 saturated carbocycles. The van der Waals surface area contributed by atoms with Crippen molar-refractivity contribution in [3.8, 4) is 5.75 Å². The number of anilines is 1. The number of hydrogen-bond donors (Lipinski definition) is 1. The maximum atomic E-state index is 13.2. The van der Waals surface area contributed by atoms with E-state index in [2.05, 4.69) is 26.1 Å². The molecular weight excluding hydrogens is 380 g/mol. The fraction of sp³-hybridized carbons (Fsp3) is 0.333. The average Bonchev–Trinajstić information content (AvgIpc) is 2.71. The molecule has 0 aliphatic carbocycles. The molecule has 1 aliphatic rings. The van der Waals surface area contributed by atoms with Gasteiger partial charge in [-0.25, -0.2) is 0 Å². The van der Waals surface area contributed by atoms with Gasteiger partial charge in [-0.3, -0.25) is 14.5 Å². The average molecular weight is 408 g/mol. The lowest BCUT2D eigenvalue weighted by Crippen LogP contribution is -2.44. The van der Waals surface area contributed by atoms with E-state index in [0.717, 1.165) is 11.1 Å². The zero-order chi connectivity index (χ0) is 21.7. The summed E-state index contributed by atoms with van der Waals surface area (Å²) in [5.74, 6) is 0.129. The van der Waals surface area contributed by atoms with Gasteiger partial charge in [-0.1, -0.05) is 57.2 Å². The van der Waals surface area contributed by atoms with Gasteiger partial charge in [0.05, 0.1) is 12.3 Å². The van der Waals surface area contributed by atoms with E-state index in [1.807, 2.05) is 48.5 Å². The van der Waals surface area contributed by atoms with Gasteiger partial charge in [-0.05, 0) is 34.8 Å². The van der Waals surface area contributed by atoms with Gasteiger partial charge in [0.15, 0.2) is 11.5 Å². The quantitative estimate of drug-likeness (QED) is 0.587. The van der Waals surface area contributed by atoms with Crippen molar-refractivity contribution >= 4 is 23.6 Å². The highest BCUT2D eigenvalue weighted by atomic mass is 16.5. The standard InChI is InChI=1S/C24H28N2O4/c1-24(2,3)18-10-11-20-19(15-18)26(16-22(27)25-12-13-29-4)23(28)21(30-20)14-17-8-6-5-7-9-17/h5-11,14-15H,12-13,16H2,1-4H3,(H,25,27). The van der Waals surface area contributed by atoms with Crippen molar-refractivity contribution in [2.75, 3.05) is 31.7 Å². The molecule has 158 valence electrons. The van der Waals surface area contributed by atoms with Crippen molar-refractivity contribution in [2.24, 2.45) is 0 Å². The Bertz CT molecular complexity index is 945. The number of benzene rings is 2.